The van der Waals surface area contributed by atoms with Crippen LogP contribution in [0.1, 0.15) is 192 Å². The quantitative estimate of drug-likeness (QED) is 0.0391. The molecule has 0 unspecified atom stereocenters. The standard InChI is InChI=1S/C72H75NO10/c1-14-15-16-17-18-19-36-73-65(74)49-37-53(80-45-28-20-41(21-29-45)69(2,3)4)59-61-55(82-47-32-24-43(25-33-47)71(8,9)10)39-51(67(76)77)58-52(68(78)79)40-56(83-48-34-26-44(27-35-48)72(11,12)13)62(64(58)61)60-54(38-50(66(73)75)57(49)63(59)60)81-46-30-22-42(23-31-46)70(5,6)7/h20-35,37-40H,14-19,36H2,1-13H3,(H,76,77)(H,78,79). The van der Waals surface area contributed by atoms with E-state index in [1.54, 1.807) is 12.1 Å². The highest BCUT2D eigenvalue weighted by molar-refractivity contribution is 6.43. The Bertz CT molecular complexity index is 3750. The van der Waals surface area contributed by atoms with Crippen LogP contribution >= 0.6 is 0 Å². The molecule has 0 aliphatic carbocycles. The summed E-state index contributed by atoms with van der Waals surface area (Å²) in [6, 6.07) is 36.5. The van der Waals surface area contributed by atoms with Gasteiger partial charge in [-0.3, -0.25) is 14.5 Å². The van der Waals surface area contributed by atoms with Crippen molar-refractivity contribution >= 4 is 66.8 Å². The highest BCUT2D eigenvalue weighted by Crippen LogP contribution is 2.57. The van der Waals surface area contributed by atoms with Crippen molar-refractivity contribution in [3.8, 4) is 46.0 Å². The van der Waals surface area contributed by atoms with E-state index in [1.165, 1.54) is 17.0 Å². The Morgan fingerprint density at radius 3 is 0.940 bits per heavy atom. The van der Waals surface area contributed by atoms with E-state index < -0.39 is 23.8 Å². The molecule has 0 aromatic heterocycles. The van der Waals surface area contributed by atoms with Crippen molar-refractivity contribution in [1.82, 2.24) is 4.90 Å². The van der Waals surface area contributed by atoms with Crippen LogP contribution in [-0.4, -0.2) is 45.4 Å². The molecule has 0 spiro atoms. The lowest BCUT2D eigenvalue weighted by Crippen LogP contribution is -2.41. The maximum Gasteiger partial charge on any atom is 0.336 e. The van der Waals surface area contributed by atoms with Gasteiger partial charge in [-0.1, -0.05) is 171 Å². The number of imide groups is 1. The Hall–Kier alpha value is -8.44. The molecule has 2 amide bonds. The molecule has 1 aliphatic rings. The van der Waals surface area contributed by atoms with Crippen LogP contribution in [0.3, 0.4) is 0 Å². The highest BCUT2D eigenvalue weighted by Gasteiger charge is 2.39. The minimum Gasteiger partial charge on any atom is -0.478 e. The van der Waals surface area contributed by atoms with E-state index in [9.17, 15) is 19.8 Å². The number of rotatable bonds is 17. The van der Waals surface area contributed by atoms with Crippen LogP contribution in [0.15, 0.2) is 121 Å². The number of unbranched alkanes of at least 4 members (excludes halogenated alkanes) is 5. The first-order valence-electron chi connectivity index (χ1n) is 29.0. The van der Waals surface area contributed by atoms with Gasteiger partial charge in [0.25, 0.3) is 11.8 Å². The van der Waals surface area contributed by atoms with Gasteiger partial charge < -0.3 is 29.2 Å². The summed E-state index contributed by atoms with van der Waals surface area (Å²) in [5.41, 5.74) is 3.07. The number of fused-ring (bicyclic) bond motifs is 2. The number of amides is 2. The minimum absolute atomic E-state index is 0.0420. The number of nitrogens with zero attached hydrogens (tertiary/aromatic N) is 1. The van der Waals surface area contributed by atoms with Crippen molar-refractivity contribution in [2.75, 3.05) is 6.54 Å². The number of benzene rings is 9. The lowest BCUT2D eigenvalue weighted by molar-refractivity contribution is 0.0604. The van der Waals surface area contributed by atoms with Crippen LogP contribution < -0.4 is 18.9 Å². The number of carbonyl (C=O) groups excluding carboxylic acids is 2. The van der Waals surface area contributed by atoms with E-state index in [1.807, 2.05) is 97.1 Å². The topological polar surface area (TPSA) is 149 Å². The van der Waals surface area contributed by atoms with E-state index in [4.69, 9.17) is 18.9 Å². The van der Waals surface area contributed by atoms with Crippen LogP contribution in [0.5, 0.6) is 46.0 Å². The number of hydrogen-bond acceptors (Lipinski definition) is 8. The molecule has 0 bridgehead atoms. The molecule has 1 aliphatic heterocycles. The van der Waals surface area contributed by atoms with Gasteiger partial charge in [0.2, 0.25) is 0 Å². The summed E-state index contributed by atoms with van der Waals surface area (Å²) < 4.78 is 28.2. The van der Waals surface area contributed by atoms with E-state index in [-0.39, 0.29) is 95.0 Å². The number of carbonyl (C=O) groups is 4. The Kier molecular flexibility index (Phi) is 15.1. The SMILES string of the molecule is CCCCCCCCN1C(=O)c2cc(Oc3ccc(C(C)(C)C)cc3)c3c4c(Oc5ccc(C(C)(C)C)cc5)cc(C(=O)O)c5c(C(=O)O)cc(Oc6ccc(C(C)(C)C)cc6)c(c6c(Oc7ccc(C(C)(C)C)cc7)cc(c2c36)C1=O)c54. The molecule has 2 N–H and O–H groups in total. The largest absolute Gasteiger partial charge is 0.478 e. The fourth-order valence-electron chi connectivity index (χ4n) is 11.4. The molecule has 11 heteroatoms. The first kappa shape index (κ1) is 57.8. The molecule has 0 saturated carbocycles. The van der Waals surface area contributed by atoms with Crippen LogP contribution in [0.4, 0.5) is 0 Å². The van der Waals surface area contributed by atoms with Crippen molar-refractivity contribution in [1.29, 1.82) is 0 Å². The maximum atomic E-state index is 15.5. The second-order valence-corrected chi connectivity index (χ2v) is 26.3. The van der Waals surface area contributed by atoms with Gasteiger partial charge in [0, 0.05) is 49.6 Å². The second kappa shape index (κ2) is 21.7. The normalized spacial score (nSPS) is 13.2. The predicted molar refractivity (Wildman–Crippen MR) is 331 cm³/mol. The van der Waals surface area contributed by atoms with Crippen molar-refractivity contribution in [3.05, 3.63) is 166 Å². The number of ether oxygens (including phenoxy) is 4. The number of carboxylic acid groups (broad SMARTS) is 2. The second-order valence-electron chi connectivity index (χ2n) is 26.3. The first-order chi connectivity index (χ1) is 39.1. The third-order valence-electron chi connectivity index (χ3n) is 16.1. The van der Waals surface area contributed by atoms with Crippen molar-refractivity contribution in [3.63, 3.8) is 0 Å². The molecule has 11 nitrogen and oxygen atoms in total. The molecule has 9 aromatic carbocycles. The van der Waals surface area contributed by atoms with Gasteiger partial charge in [-0.05, 0) is 123 Å². The summed E-state index contributed by atoms with van der Waals surface area (Å²) in [4.78, 5) is 60.3. The van der Waals surface area contributed by atoms with E-state index in [0.717, 1.165) is 54.4 Å². The summed E-state index contributed by atoms with van der Waals surface area (Å²) >= 11 is 0. The monoisotopic (exact) mass is 1110 g/mol. The van der Waals surface area contributed by atoms with Crippen LogP contribution in [0.25, 0.3) is 43.1 Å². The molecule has 428 valence electrons. The summed E-state index contributed by atoms with van der Waals surface area (Å²) in [5, 5.41) is 24.6. The van der Waals surface area contributed by atoms with Gasteiger partial charge in [-0.2, -0.15) is 0 Å². The zero-order valence-corrected chi connectivity index (χ0v) is 50.1. The average Bonchev–Trinajstić information content (AvgIpc) is 0.781. The predicted octanol–water partition coefficient (Wildman–Crippen LogP) is 19.4. The van der Waals surface area contributed by atoms with Crippen molar-refractivity contribution in [2.45, 2.75) is 150 Å². The van der Waals surface area contributed by atoms with Gasteiger partial charge in [-0.25, -0.2) is 9.59 Å². The third kappa shape index (κ3) is 11.2. The average molecular weight is 1110 g/mol. The van der Waals surface area contributed by atoms with Gasteiger partial charge in [0.15, 0.2) is 0 Å². The number of hydrogen-bond donors (Lipinski definition) is 2. The van der Waals surface area contributed by atoms with Crippen molar-refractivity contribution < 1.29 is 48.3 Å². The summed E-state index contributed by atoms with van der Waals surface area (Å²) in [6.07, 6.45) is 5.64. The maximum absolute atomic E-state index is 15.5. The lowest BCUT2D eigenvalue weighted by atomic mass is 9.81. The minimum atomic E-state index is -1.41. The number of carboxylic acids is 2. The van der Waals surface area contributed by atoms with E-state index in [2.05, 4.69) is 90.0 Å². The Morgan fingerprint density at radius 2 is 0.651 bits per heavy atom. The van der Waals surface area contributed by atoms with E-state index in [0.29, 0.717) is 51.0 Å². The molecule has 9 aromatic rings. The Morgan fingerprint density at radius 1 is 0.373 bits per heavy atom. The molecular formula is C72H75NO10. The van der Waals surface area contributed by atoms with Gasteiger partial charge in [0.1, 0.15) is 46.0 Å². The zero-order chi connectivity index (χ0) is 59.7. The highest BCUT2D eigenvalue weighted by atomic mass is 16.5. The Labute approximate surface area is 486 Å². The van der Waals surface area contributed by atoms with Crippen LogP contribution in [-0.2, 0) is 21.7 Å². The fraction of sp³-hybridized carbons (Fsp3) is 0.333. The fourth-order valence-corrected chi connectivity index (χ4v) is 11.4. The summed E-state index contributed by atoms with van der Waals surface area (Å²) in [6.45, 7) is 27.7. The molecule has 0 saturated heterocycles. The third-order valence-corrected chi connectivity index (χ3v) is 16.1. The zero-order valence-electron chi connectivity index (χ0n) is 50.1. The first-order valence-corrected chi connectivity index (χ1v) is 29.0. The van der Waals surface area contributed by atoms with E-state index >= 15 is 9.59 Å². The molecule has 1 heterocycles. The molecule has 0 radical (unpaired) electrons. The van der Waals surface area contributed by atoms with Crippen LogP contribution in [0.2, 0.25) is 0 Å². The smallest absolute Gasteiger partial charge is 0.336 e. The molecular weight excluding hydrogens is 1040 g/mol. The molecule has 10 rings (SSSR count). The molecule has 0 atom stereocenters. The summed E-state index contributed by atoms with van der Waals surface area (Å²) in [5.74, 6) is -1.84. The van der Waals surface area contributed by atoms with Crippen molar-refractivity contribution in [2.24, 2.45) is 0 Å². The van der Waals surface area contributed by atoms with Gasteiger partial charge >= 0.3 is 11.9 Å². The lowest BCUT2D eigenvalue weighted by Gasteiger charge is -2.31. The molecule has 0 fully saturated rings. The summed E-state index contributed by atoms with van der Waals surface area (Å²) in [7, 11) is 0. The van der Waals surface area contributed by atoms with Crippen LogP contribution in [0, 0.1) is 0 Å². The van der Waals surface area contributed by atoms with Gasteiger partial charge in [-0.15, -0.1) is 0 Å². The molecule has 83 heavy (non-hydrogen) atoms. The number of aromatic carboxylic acids is 2. The van der Waals surface area contributed by atoms with Gasteiger partial charge in [0.05, 0.1) is 22.3 Å². The Balaban J connectivity index is 1.41.